The van der Waals surface area contributed by atoms with Crippen molar-refractivity contribution in [1.29, 1.82) is 0 Å². The van der Waals surface area contributed by atoms with E-state index in [-0.39, 0.29) is 18.0 Å². The predicted molar refractivity (Wildman–Crippen MR) is 164 cm³/mol. The molecule has 2 N–H and O–H groups in total. The van der Waals surface area contributed by atoms with Crippen LogP contribution in [0.2, 0.25) is 0 Å². The van der Waals surface area contributed by atoms with Gasteiger partial charge in [-0.1, -0.05) is 43.3 Å². The van der Waals surface area contributed by atoms with Crippen LogP contribution in [0.5, 0.6) is 0 Å². The van der Waals surface area contributed by atoms with Gasteiger partial charge in [0, 0.05) is 40.7 Å². The molecule has 0 radical (unpaired) electrons. The average Bonchev–Trinajstić information content (AvgIpc) is 3.42. The Hall–Kier alpha value is -3.49. The number of carbonyl (C=O) groups is 1. The summed E-state index contributed by atoms with van der Waals surface area (Å²) in [6.45, 7) is 6.84. The topological polar surface area (TPSA) is 62.2 Å². The maximum absolute atomic E-state index is 13.1. The number of amides is 1. The zero-order valence-corrected chi connectivity index (χ0v) is 24.7. The van der Waals surface area contributed by atoms with Crippen molar-refractivity contribution in [3.8, 4) is 5.69 Å². The SMILES string of the molecule is CCc1ccccc1NC(=O)CCN1C(=S)NC(c2ccccn2)C1c1cc(C)n(-c2ccccc2Br)c1C. The molecule has 1 fully saturated rings. The van der Waals surface area contributed by atoms with Gasteiger partial charge >= 0.3 is 0 Å². The molecule has 0 aliphatic carbocycles. The Morgan fingerprint density at radius 1 is 1.08 bits per heavy atom. The van der Waals surface area contributed by atoms with Crippen molar-refractivity contribution in [2.45, 2.75) is 45.7 Å². The molecule has 1 aliphatic rings. The first-order valence-corrected chi connectivity index (χ1v) is 14.4. The van der Waals surface area contributed by atoms with Gasteiger partial charge < -0.3 is 20.1 Å². The van der Waals surface area contributed by atoms with Gasteiger partial charge in [0.05, 0.1) is 23.5 Å². The molecule has 0 spiro atoms. The van der Waals surface area contributed by atoms with Gasteiger partial charge in [-0.3, -0.25) is 9.78 Å². The number of rotatable bonds is 8. The lowest BCUT2D eigenvalue weighted by Crippen LogP contribution is -2.33. The molecule has 3 heterocycles. The first-order chi connectivity index (χ1) is 18.9. The van der Waals surface area contributed by atoms with E-state index in [1.165, 1.54) is 0 Å². The minimum absolute atomic E-state index is 0.0302. The third-order valence-corrected chi connectivity index (χ3v) is 8.36. The molecule has 1 aliphatic heterocycles. The van der Waals surface area contributed by atoms with Gasteiger partial charge in [-0.25, -0.2) is 0 Å². The smallest absolute Gasteiger partial charge is 0.226 e. The Bertz CT molecular complexity index is 1500. The number of pyridine rings is 1. The Balaban J connectivity index is 1.47. The third-order valence-electron chi connectivity index (χ3n) is 7.33. The number of para-hydroxylation sites is 2. The Labute approximate surface area is 243 Å². The van der Waals surface area contributed by atoms with Crippen LogP contribution >= 0.6 is 28.1 Å². The van der Waals surface area contributed by atoms with Crippen LogP contribution in [-0.2, 0) is 11.2 Å². The molecule has 8 heteroatoms. The number of halogens is 1. The normalized spacial score (nSPS) is 16.8. The number of hydrogen-bond donors (Lipinski definition) is 2. The molecule has 200 valence electrons. The van der Waals surface area contributed by atoms with Crippen LogP contribution in [0.15, 0.2) is 83.5 Å². The van der Waals surface area contributed by atoms with Crippen LogP contribution in [0.1, 0.15) is 53.6 Å². The Kier molecular flexibility index (Phi) is 8.14. The number of aryl methyl sites for hydroxylation is 2. The van der Waals surface area contributed by atoms with Gasteiger partial charge in [-0.15, -0.1) is 0 Å². The lowest BCUT2D eigenvalue weighted by molar-refractivity contribution is -0.116. The van der Waals surface area contributed by atoms with Crippen molar-refractivity contribution in [2.24, 2.45) is 0 Å². The van der Waals surface area contributed by atoms with Gasteiger partial charge in [-0.2, -0.15) is 0 Å². The number of thiocarbonyl (C=S) groups is 1. The Morgan fingerprint density at radius 2 is 1.82 bits per heavy atom. The van der Waals surface area contributed by atoms with E-state index in [0.717, 1.165) is 50.5 Å². The molecule has 39 heavy (non-hydrogen) atoms. The number of benzene rings is 2. The van der Waals surface area contributed by atoms with Crippen LogP contribution in [0.3, 0.4) is 0 Å². The zero-order valence-electron chi connectivity index (χ0n) is 22.3. The van der Waals surface area contributed by atoms with Gasteiger partial charge in [-0.05, 0) is 95.9 Å². The van der Waals surface area contributed by atoms with E-state index >= 15 is 0 Å². The van der Waals surface area contributed by atoms with Crippen molar-refractivity contribution in [3.63, 3.8) is 0 Å². The van der Waals surface area contributed by atoms with Crippen LogP contribution in [0, 0.1) is 13.8 Å². The summed E-state index contributed by atoms with van der Waals surface area (Å²) in [4.78, 5) is 19.9. The molecule has 2 aromatic carbocycles. The molecule has 2 atom stereocenters. The first kappa shape index (κ1) is 27.1. The summed E-state index contributed by atoms with van der Waals surface area (Å²) in [7, 11) is 0. The molecule has 1 amide bonds. The molecule has 2 aromatic heterocycles. The van der Waals surface area contributed by atoms with Crippen LogP contribution < -0.4 is 10.6 Å². The fraction of sp³-hybridized carbons (Fsp3) is 0.258. The number of nitrogens with one attached hydrogen (secondary N) is 2. The molecule has 0 saturated carbocycles. The van der Waals surface area contributed by atoms with E-state index < -0.39 is 0 Å². The van der Waals surface area contributed by atoms with E-state index in [0.29, 0.717) is 18.1 Å². The van der Waals surface area contributed by atoms with Gasteiger partial charge in [0.2, 0.25) is 5.91 Å². The van der Waals surface area contributed by atoms with Crippen molar-refractivity contribution in [1.82, 2.24) is 19.8 Å². The molecule has 6 nitrogen and oxygen atoms in total. The monoisotopic (exact) mass is 601 g/mol. The van der Waals surface area contributed by atoms with E-state index in [4.69, 9.17) is 12.2 Å². The highest BCUT2D eigenvalue weighted by Crippen LogP contribution is 2.42. The summed E-state index contributed by atoms with van der Waals surface area (Å²) in [5.74, 6) is -0.0302. The third kappa shape index (κ3) is 5.49. The van der Waals surface area contributed by atoms with Gasteiger partial charge in [0.15, 0.2) is 5.11 Å². The molecular formula is C31H32BrN5OS. The second-order valence-corrected chi connectivity index (χ2v) is 11.0. The summed E-state index contributed by atoms with van der Waals surface area (Å²) in [5, 5.41) is 7.24. The summed E-state index contributed by atoms with van der Waals surface area (Å²) >= 11 is 9.58. The highest BCUT2D eigenvalue weighted by molar-refractivity contribution is 9.10. The van der Waals surface area contributed by atoms with Gasteiger partial charge in [0.1, 0.15) is 0 Å². The molecule has 1 saturated heterocycles. The zero-order chi connectivity index (χ0) is 27.5. The standard InChI is InChI=1S/C31H32BrN5OS/c1-4-22-11-5-7-13-25(22)34-28(38)16-18-36-30(29(35-31(36)39)26-14-9-10-17-33-26)23-19-20(2)37(21(23)3)27-15-8-6-12-24(27)32/h5-15,17,19,29-30H,4,16,18H2,1-3H3,(H,34,38)(H,35,39). The minimum Gasteiger partial charge on any atom is -0.352 e. The average molecular weight is 603 g/mol. The summed E-state index contributed by atoms with van der Waals surface area (Å²) in [6, 6.07) is 24.1. The summed E-state index contributed by atoms with van der Waals surface area (Å²) < 4.78 is 3.30. The lowest BCUT2D eigenvalue weighted by Gasteiger charge is -2.28. The summed E-state index contributed by atoms with van der Waals surface area (Å²) in [6.07, 6.45) is 2.98. The number of carbonyl (C=O) groups excluding carboxylic acids is 1. The van der Waals surface area contributed by atoms with Crippen LogP contribution in [0.4, 0.5) is 5.69 Å². The molecule has 0 bridgehead atoms. The molecule has 4 aromatic rings. The van der Waals surface area contributed by atoms with E-state index in [2.05, 4.69) is 80.0 Å². The van der Waals surface area contributed by atoms with Crippen molar-refractivity contribution < 1.29 is 4.79 Å². The second kappa shape index (κ2) is 11.7. The van der Waals surface area contributed by atoms with Crippen molar-refractivity contribution in [3.05, 3.63) is 112 Å². The maximum atomic E-state index is 13.1. The number of hydrogen-bond acceptors (Lipinski definition) is 3. The summed E-state index contributed by atoms with van der Waals surface area (Å²) in [5.41, 5.74) is 7.40. The first-order valence-electron chi connectivity index (χ1n) is 13.2. The Morgan fingerprint density at radius 3 is 2.56 bits per heavy atom. The van der Waals surface area contributed by atoms with Crippen LogP contribution in [0.25, 0.3) is 5.69 Å². The minimum atomic E-state index is -0.143. The quantitative estimate of drug-likeness (QED) is 0.217. The lowest BCUT2D eigenvalue weighted by atomic mass is 9.96. The fourth-order valence-electron chi connectivity index (χ4n) is 5.46. The molecule has 5 rings (SSSR count). The molecular weight excluding hydrogens is 570 g/mol. The second-order valence-electron chi connectivity index (χ2n) is 9.74. The number of aromatic nitrogens is 2. The predicted octanol–water partition coefficient (Wildman–Crippen LogP) is 6.82. The van der Waals surface area contributed by atoms with Gasteiger partial charge in [0.25, 0.3) is 0 Å². The highest BCUT2D eigenvalue weighted by atomic mass is 79.9. The van der Waals surface area contributed by atoms with E-state index in [1.54, 1.807) is 0 Å². The number of anilines is 1. The molecule has 2 unspecified atom stereocenters. The van der Waals surface area contributed by atoms with Crippen LogP contribution in [-0.4, -0.2) is 32.0 Å². The highest BCUT2D eigenvalue weighted by Gasteiger charge is 2.41. The fourth-order valence-corrected chi connectivity index (χ4v) is 6.25. The van der Waals surface area contributed by atoms with Crippen molar-refractivity contribution in [2.75, 3.05) is 11.9 Å². The number of nitrogens with zero attached hydrogens (tertiary/aromatic N) is 3. The maximum Gasteiger partial charge on any atom is 0.226 e. The van der Waals surface area contributed by atoms with Crippen molar-refractivity contribution >= 4 is 44.9 Å². The van der Waals surface area contributed by atoms with E-state index in [9.17, 15) is 4.79 Å². The largest absolute Gasteiger partial charge is 0.352 e. The van der Waals surface area contributed by atoms with E-state index in [1.807, 2.05) is 60.8 Å².